The molecular formula is C13H22N2S. The second kappa shape index (κ2) is 6.38. The van der Waals surface area contributed by atoms with E-state index in [1.165, 1.54) is 44.5 Å². The molecule has 0 saturated carbocycles. The van der Waals surface area contributed by atoms with Crippen molar-refractivity contribution >= 4 is 11.3 Å². The molecule has 3 heteroatoms. The molecule has 90 valence electrons. The van der Waals surface area contributed by atoms with Gasteiger partial charge in [-0.25, -0.2) is 0 Å². The molecule has 0 bridgehead atoms. The molecule has 1 aromatic rings. The van der Waals surface area contributed by atoms with E-state index in [1.807, 2.05) is 0 Å². The van der Waals surface area contributed by atoms with Crippen LogP contribution >= 0.6 is 11.3 Å². The van der Waals surface area contributed by atoms with E-state index in [0.29, 0.717) is 0 Å². The van der Waals surface area contributed by atoms with Crippen molar-refractivity contribution in [3.63, 3.8) is 0 Å². The van der Waals surface area contributed by atoms with E-state index in [9.17, 15) is 0 Å². The fourth-order valence-electron chi connectivity index (χ4n) is 2.44. The molecular weight excluding hydrogens is 216 g/mol. The quantitative estimate of drug-likeness (QED) is 0.847. The van der Waals surface area contributed by atoms with Gasteiger partial charge < -0.3 is 10.2 Å². The Hall–Kier alpha value is -0.380. The van der Waals surface area contributed by atoms with Crippen LogP contribution in [0.15, 0.2) is 16.8 Å². The highest BCUT2D eigenvalue weighted by Gasteiger charge is 2.18. The number of nitrogens with zero attached hydrogens (tertiary/aromatic N) is 1. The van der Waals surface area contributed by atoms with Crippen molar-refractivity contribution in [3.05, 3.63) is 22.4 Å². The predicted octanol–water partition coefficient (Wildman–Crippen LogP) is 2.36. The van der Waals surface area contributed by atoms with Crippen molar-refractivity contribution in [2.24, 2.45) is 0 Å². The summed E-state index contributed by atoms with van der Waals surface area (Å²) in [6.45, 7) is 7.04. The first-order valence-electron chi connectivity index (χ1n) is 6.35. The highest BCUT2D eigenvalue weighted by Crippen LogP contribution is 2.12. The Morgan fingerprint density at radius 3 is 3.25 bits per heavy atom. The number of nitrogens with one attached hydrogen (secondary N) is 1. The average Bonchev–Trinajstić information content (AvgIpc) is 2.80. The molecule has 0 spiro atoms. The molecule has 1 saturated heterocycles. The van der Waals surface area contributed by atoms with E-state index in [0.717, 1.165) is 12.6 Å². The maximum Gasteiger partial charge on any atom is 0.0195 e. The van der Waals surface area contributed by atoms with Crippen LogP contribution in [-0.2, 0) is 6.42 Å². The van der Waals surface area contributed by atoms with Gasteiger partial charge in [-0.3, -0.25) is 0 Å². The fraction of sp³-hybridized carbons (Fsp3) is 0.692. The van der Waals surface area contributed by atoms with Gasteiger partial charge in [0.2, 0.25) is 0 Å². The Morgan fingerprint density at radius 1 is 1.56 bits per heavy atom. The molecule has 1 aliphatic heterocycles. The summed E-state index contributed by atoms with van der Waals surface area (Å²) in [5.41, 5.74) is 1.50. The van der Waals surface area contributed by atoms with Gasteiger partial charge >= 0.3 is 0 Å². The topological polar surface area (TPSA) is 15.3 Å². The summed E-state index contributed by atoms with van der Waals surface area (Å²) in [5.74, 6) is 0. The van der Waals surface area contributed by atoms with Crippen LogP contribution in [0.25, 0.3) is 0 Å². The molecule has 1 fully saturated rings. The summed E-state index contributed by atoms with van der Waals surface area (Å²) in [7, 11) is 0. The summed E-state index contributed by atoms with van der Waals surface area (Å²) >= 11 is 1.80. The van der Waals surface area contributed by atoms with Crippen molar-refractivity contribution in [2.45, 2.75) is 32.2 Å². The van der Waals surface area contributed by atoms with Gasteiger partial charge in [0.15, 0.2) is 0 Å². The highest BCUT2D eigenvalue weighted by molar-refractivity contribution is 7.07. The Morgan fingerprint density at radius 2 is 2.50 bits per heavy atom. The van der Waals surface area contributed by atoms with E-state index in [1.54, 1.807) is 11.3 Å². The highest BCUT2D eigenvalue weighted by atomic mass is 32.1. The molecule has 2 rings (SSSR count). The summed E-state index contributed by atoms with van der Waals surface area (Å²) in [5, 5.41) is 8.01. The second-order valence-corrected chi connectivity index (χ2v) is 5.36. The lowest BCUT2D eigenvalue weighted by Gasteiger charge is -2.33. The normalized spacial score (nSPS) is 22.4. The molecule has 0 aliphatic carbocycles. The number of likely N-dealkylation sites (N-methyl/N-ethyl adjacent to an activating group) is 1. The maximum absolute atomic E-state index is 3.57. The van der Waals surface area contributed by atoms with Gasteiger partial charge in [-0.2, -0.15) is 11.3 Å². The van der Waals surface area contributed by atoms with Crippen LogP contribution in [0.5, 0.6) is 0 Å². The van der Waals surface area contributed by atoms with Gasteiger partial charge in [-0.1, -0.05) is 6.92 Å². The largest absolute Gasteiger partial charge is 0.313 e. The van der Waals surface area contributed by atoms with Crippen molar-refractivity contribution in [1.82, 2.24) is 10.2 Å². The van der Waals surface area contributed by atoms with Crippen molar-refractivity contribution in [2.75, 3.05) is 26.2 Å². The zero-order valence-electron chi connectivity index (χ0n) is 10.1. The minimum atomic E-state index is 0.723. The van der Waals surface area contributed by atoms with Crippen molar-refractivity contribution < 1.29 is 0 Å². The first-order chi connectivity index (χ1) is 7.88. The number of thiophene rings is 1. The number of hydrogen-bond donors (Lipinski definition) is 1. The predicted molar refractivity (Wildman–Crippen MR) is 71.2 cm³/mol. The van der Waals surface area contributed by atoms with Crippen LogP contribution in [0.3, 0.4) is 0 Å². The van der Waals surface area contributed by atoms with E-state index in [2.05, 4.69) is 34.0 Å². The van der Waals surface area contributed by atoms with Gasteiger partial charge in [0, 0.05) is 19.1 Å². The van der Waals surface area contributed by atoms with Gasteiger partial charge in [-0.15, -0.1) is 0 Å². The van der Waals surface area contributed by atoms with Gasteiger partial charge in [0.1, 0.15) is 0 Å². The van der Waals surface area contributed by atoms with E-state index in [-0.39, 0.29) is 0 Å². The zero-order valence-corrected chi connectivity index (χ0v) is 10.9. The van der Waals surface area contributed by atoms with Crippen molar-refractivity contribution in [1.29, 1.82) is 0 Å². The molecule has 1 N–H and O–H groups in total. The zero-order chi connectivity index (χ0) is 11.2. The Labute approximate surface area is 103 Å². The Balaban J connectivity index is 1.72. The minimum absolute atomic E-state index is 0.723. The second-order valence-electron chi connectivity index (χ2n) is 4.58. The average molecular weight is 238 g/mol. The lowest BCUT2D eigenvalue weighted by molar-refractivity contribution is 0.194. The third kappa shape index (κ3) is 3.58. The van der Waals surface area contributed by atoms with Crippen LogP contribution < -0.4 is 5.32 Å². The van der Waals surface area contributed by atoms with E-state index in [4.69, 9.17) is 0 Å². The summed E-state index contributed by atoms with van der Waals surface area (Å²) < 4.78 is 0. The SMILES string of the molecule is CCNC1CCCN(CCc2ccsc2)C1. The molecule has 1 aliphatic rings. The lowest BCUT2D eigenvalue weighted by atomic mass is 10.1. The Kier molecular flexibility index (Phi) is 4.82. The molecule has 16 heavy (non-hydrogen) atoms. The molecule has 0 aromatic carbocycles. The monoisotopic (exact) mass is 238 g/mol. The minimum Gasteiger partial charge on any atom is -0.313 e. The maximum atomic E-state index is 3.57. The molecule has 2 nitrogen and oxygen atoms in total. The van der Waals surface area contributed by atoms with Crippen LogP contribution in [0.2, 0.25) is 0 Å². The standard InChI is InChI=1S/C13H22N2S/c1-2-14-13-4-3-7-15(10-13)8-5-12-6-9-16-11-12/h6,9,11,13-14H,2-5,7-8,10H2,1H3. The molecule has 0 amide bonds. The van der Waals surface area contributed by atoms with Crippen LogP contribution in [0.1, 0.15) is 25.3 Å². The van der Waals surface area contributed by atoms with E-state index >= 15 is 0 Å². The number of likely N-dealkylation sites (tertiary alicyclic amines) is 1. The number of piperidine rings is 1. The molecule has 1 atom stereocenters. The van der Waals surface area contributed by atoms with Gasteiger partial charge in [0.05, 0.1) is 0 Å². The van der Waals surface area contributed by atoms with Crippen molar-refractivity contribution in [3.8, 4) is 0 Å². The number of hydrogen-bond acceptors (Lipinski definition) is 3. The molecule has 2 heterocycles. The molecule has 1 unspecified atom stereocenters. The molecule has 0 radical (unpaired) electrons. The van der Waals surface area contributed by atoms with Crippen LogP contribution in [0.4, 0.5) is 0 Å². The lowest BCUT2D eigenvalue weighted by Crippen LogP contribution is -2.46. The van der Waals surface area contributed by atoms with Gasteiger partial charge in [0.25, 0.3) is 0 Å². The Bertz CT molecular complexity index is 282. The fourth-order valence-corrected chi connectivity index (χ4v) is 3.14. The summed E-state index contributed by atoms with van der Waals surface area (Å²) in [6.07, 6.45) is 3.91. The van der Waals surface area contributed by atoms with E-state index < -0.39 is 0 Å². The summed E-state index contributed by atoms with van der Waals surface area (Å²) in [4.78, 5) is 2.61. The van der Waals surface area contributed by atoms with Gasteiger partial charge in [-0.05, 0) is 54.7 Å². The van der Waals surface area contributed by atoms with Crippen LogP contribution in [-0.4, -0.2) is 37.1 Å². The first-order valence-corrected chi connectivity index (χ1v) is 7.29. The van der Waals surface area contributed by atoms with Crippen LogP contribution in [0, 0.1) is 0 Å². The third-order valence-electron chi connectivity index (χ3n) is 3.30. The third-order valence-corrected chi connectivity index (χ3v) is 4.03. The molecule has 1 aromatic heterocycles. The first kappa shape index (κ1) is 12.1. The summed E-state index contributed by atoms with van der Waals surface area (Å²) in [6, 6.07) is 2.97. The number of rotatable bonds is 5. The smallest absolute Gasteiger partial charge is 0.0195 e.